The van der Waals surface area contributed by atoms with E-state index in [-0.39, 0.29) is 11.0 Å². The maximum atomic E-state index is 12.9. The Bertz CT molecular complexity index is 323. The number of rotatable bonds is 1. The molecule has 60 valence electrons. The first-order chi connectivity index (χ1) is 5.66. The highest BCUT2D eigenvalue weighted by Crippen LogP contribution is 2.06. The highest BCUT2D eigenvalue weighted by atomic mass is 19.2. The van der Waals surface area contributed by atoms with Gasteiger partial charge in [0, 0.05) is 18.8 Å². The van der Waals surface area contributed by atoms with Crippen LogP contribution in [0.4, 0.5) is 8.78 Å². The first-order valence-corrected chi connectivity index (χ1v) is 3.32. The molecule has 0 aliphatic rings. The zero-order valence-electron chi connectivity index (χ0n) is 6.51. The Labute approximate surface area is 70.5 Å². The van der Waals surface area contributed by atoms with Crippen LogP contribution >= 0.6 is 0 Å². The standard InChI is InChI=1S/C8H6BF2N/c1-12-4-5-2-3-6(9)8(11)7(5)10/h2-4H,1H3. The first-order valence-electron chi connectivity index (χ1n) is 3.32. The number of benzene rings is 1. The van der Waals surface area contributed by atoms with Crippen molar-refractivity contribution in [1.82, 2.24) is 0 Å². The summed E-state index contributed by atoms with van der Waals surface area (Å²) in [5, 5.41) is 0. The van der Waals surface area contributed by atoms with Crippen LogP contribution in [0.15, 0.2) is 17.1 Å². The van der Waals surface area contributed by atoms with E-state index in [0.717, 1.165) is 0 Å². The summed E-state index contributed by atoms with van der Waals surface area (Å²) < 4.78 is 25.7. The molecule has 0 unspecified atom stereocenters. The largest absolute Gasteiger partial charge is 0.296 e. The van der Waals surface area contributed by atoms with Crippen molar-refractivity contribution in [3.8, 4) is 0 Å². The molecule has 0 atom stereocenters. The molecule has 1 aromatic rings. The van der Waals surface area contributed by atoms with Crippen LogP contribution in [0.2, 0.25) is 0 Å². The molecule has 0 heterocycles. The van der Waals surface area contributed by atoms with E-state index in [4.69, 9.17) is 7.85 Å². The van der Waals surface area contributed by atoms with E-state index in [0.29, 0.717) is 0 Å². The van der Waals surface area contributed by atoms with E-state index < -0.39 is 11.6 Å². The minimum Gasteiger partial charge on any atom is -0.296 e. The Morgan fingerprint density at radius 2 is 2.00 bits per heavy atom. The van der Waals surface area contributed by atoms with Gasteiger partial charge in [0.15, 0.2) is 11.6 Å². The fourth-order valence-corrected chi connectivity index (χ4v) is 0.818. The smallest absolute Gasteiger partial charge is 0.166 e. The Kier molecular flexibility index (Phi) is 2.58. The molecule has 0 aliphatic heterocycles. The Hall–Kier alpha value is -1.19. The lowest BCUT2D eigenvalue weighted by atomic mass is 9.94. The zero-order chi connectivity index (χ0) is 9.14. The quantitative estimate of drug-likeness (QED) is 0.431. The maximum Gasteiger partial charge on any atom is 0.166 e. The van der Waals surface area contributed by atoms with Crippen molar-refractivity contribution in [2.75, 3.05) is 7.05 Å². The van der Waals surface area contributed by atoms with Crippen LogP contribution < -0.4 is 5.46 Å². The average Bonchev–Trinajstić information content (AvgIpc) is 2.07. The summed E-state index contributed by atoms with van der Waals surface area (Å²) in [4.78, 5) is 3.57. The van der Waals surface area contributed by atoms with Gasteiger partial charge in [0.2, 0.25) is 0 Å². The predicted octanol–water partition coefficient (Wildman–Crippen LogP) is 0.807. The van der Waals surface area contributed by atoms with Crippen molar-refractivity contribution in [3.05, 3.63) is 29.3 Å². The lowest BCUT2D eigenvalue weighted by molar-refractivity contribution is 0.513. The molecule has 0 aromatic heterocycles. The van der Waals surface area contributed by atoms with Gasteiger partial charge in [-0.3, -0.25) is 4.99 Å². The van der Waals surface area contributed by atoms with Crippen LogP contribution in [0, 0.1) is 11.6 Å². The zero-order valence-corrected chi connectivity index (χ0v) is 6.51. The van der Waals surface area contributed by atoms with Gasteiger partial charge in [-0.1, -0.05) is 17.6 Å². The van der Waals surface area contributed by atoms with Gasteiger partial charge in [-0.25, -0.2) is 8.78 Å². The molecule has 4 heteroatoms. The molecule has 12 heavy (non-hydrogen) atoms. The first kappa shape index (κ1) is 8.91. The van der Waals surface area contributed by atoms with E-state index in [1.165, 1.54) is 25.4 Å². The monoisotopic (exact) mass is 165 g/mol. The number of nitrogens with zero attached hydrogens (tertiary/aromatic N) is 1. The van der Waals surface area contributed by atoms with Crippen LogP contribution in [-0.4, -0.2) is 21.1 Å². The SMILES string of the molecule is [B]c1ccc(C=NC)c(F)c1F. The van der Waals surface area contributed by atoms with E-state index >= 15 is 0 Å². The molecule has 1 nitrogen and oxygen atoms in total. The third-order valence-corrected chi connectivity index (χ3v) is 1.41. The minimum absolute atomic E-state index is 0.101. The molecule has 2 radical (unpaired) electrons. The highest BCUT2D eigenvalue weighted by Gasteiger charge is 2.07. The van der Waals surface area contributed by atoms with Crippen LogP contribution in [0.5, 0.6) is 0 Å². The van der Waals surface area contributed by atoms with E-state index in [2.05, 4.69) is 4.99 Å². The van der Waals surface area contributed by atoms with Gasteiger partial charge in [0.05, 0.1) is 0 Å². The molecule has 1 aromatic carbocycles. The molecule has 0 fully saturated rings. The molecule has 0 saturated carbocycles. The number of hydrogen-bond acceptors (Lipinski definition) is 1. The molecule has 0 N–H and O–H groups in total. The summed E-state index contributed by atoms with van der Waals surface area (Å²) >= 11 is 0. The summed E-state index contributed by atoms with van der Waals surface area (Å²) in [5.41, 5.74) is -0.0926. The lowest BCUT2D eigenvalue weighted by Crippen LogP contribution is -2.12. The van der Waals surface area contributed by atoms with Crippen LogP contribution in [0.25, 0.3) is 0 Å². The summed E-state index contributed by atoms with van der Waals surface area (Å²) in [7, 11) is 6.61. The normalized spacial score (nSPS) is 10.9. The molecule has 0 aliphatic carbocycles. The lowest BCUT2D eigenvalue weighted by Gasteiger charge is -2.00. The van der Waals surface area contributed by atoms with Crippen molar-refractivity contribution in [1.29, 1.82) is 0 Å². The van der Waals surface area contributed by atoms with Crippen molar-refractivity contribution >= 4 is 19.5 Å². The van der Waals surface area contributed by atoms with Crippen molar-refractivity contribution < 1.29 is 8.78 Å². The minimum atomic E-state index is -1.02. The number of halogens is 2. The third kappa shape index (κ3) is 1.52. The maximum absolute atomic E-state index is 12.9. The van der Waals surface area contributed by atoms with E-state index in [1.807, 2.05) is 0 Å². The second-order valence-electron chi connectivity index (χ2n) is 2.26. The van der Waals surface area contributed by atoms with Crippen LogP contribution in [-0.2, 0) is 0 Å². The van der Waals surface area contributed by atoms with Gasteiger partial charge in [-0.2, -0.15) is 0 Å². The molecule has 0 spiro atoms. The second kappa shape index (κ2) is 3.47. The number of hydrogen-bond donors (Lipinski definition) is 0. The average molecular weight is 165 g/mol. The van der Waals surface area contributed by atoms with Gasteiger partial charge in [-0.15, -0.1) is 0 Å². The van der Waals surface area contributed by atoms with Gasteiger partial charge in [0.1, 0.15) is 7.85 Å². The second-order valence-corrected chi connectivity index (χ2v) is 2.26. The molecule has 1 rings (SSSR count). The van der Waals surface area contributed by atoms with Crippen molar-refractivity contribution in [3.63, 3.8) is 0 Å². The Morgan fingerprint density at radius 3 is 2.58 bits per heavy atom. The fraction of sp³-hybridized carbons (Fsp3) is 0.125. The number of aliphatic imine (C=N–C) groups is 1. The van der Waals surface area contributed by atoms with Gasteiger partial charge >= 0.3 is 0 Å². The van der Waals surface area contributed by atoms with E-state index in [9.17, 15) is 8.78 Å². The van der Waals surface area contributed by atoms with Crippen molar-refractivity contribution in [2.24, 2.45) is 4.99 Å². The highest BCUT2D eigenvalue weighted by molar-refractivity contribution is 6.32. The van der Waals surface area contributed by atoms with Crippen LogP contribution in [0.1, 0.15) is 5.56 Å². The molecule has 0 saturated heterocycles. The van der Waals surface area contributed by atoms with Gasteiger partial charge in [-0.05, 0) is 0 Å². The topological polar surface area (TPSA) is 12.4 Å². The predicted molar refractivity (Wildman–Crippen MR) is 45.3 cm³/mol. The van der Waals surface area contributed by atoms with Gasteiger partial charge < -0.3 is 0 Å². The van der Waals surface area contributed by atoms with Gasteiger partial charge in [0.25, 0.3) is 0 Å². The molecule has 0 amide bonds. The summed E-state index contributed by atoms with van der Waals surface area (Å²) in [6.45, 7) is 0. The Morgan fingerprint density at radius 1 is 1.33 bits per heavy atom. The summed E-state index contributed by atoms with van der Waals surface area (Å²) in [5.74, 6) is -1.98. The summed E-state index contributed by atoms with van der Waals surface area (Å²) in [6, 6.07) is 2.68. The molecular formula is C8H6BF2N. The van der Waals surface area contributed by atoms with Crippen molar-refractivity contribution in [2.45, 2.75) is 0 Å². The van der Waals surface area contributed by atoms with Crippen LogP contribution in [0.3, 0.4) is 0 Å². The van der Waals surface area contributed by atoms with E-state index in [1.54, 1.807) is 0 Å². The molecule has 0 bridgehead atoms. The summed E-state index contributed by atoms with van der Waals surface area (Å²) in [6.07, 6.45) is 1.23. The Balaban J connectivity index is 3.26. The fourth-order valence-electron chi connectivity index (χ4n) is 0.818. The third-order valence-electron chi connectivity index (χ3n) is 1.41. The molecular weight excluding hydrogens is 159 g/mol.